The fourth-order valence-corrected chi connectivity index (χ4v) is 3.38. The molecule has 2 heterocycles. The van der Waals surface area contributed by atoms with Crippen molar-refractivity contribution in [2.24, 2.45) is 5.92 Å². The minimum atomic E-state index is -0.188. The Hall–Kier alpha value is -1.75. The maximum atomic E-state index is 12.5. The Labute approximate surface area is 140 Å². The molecular weight excluding hydrogens is 316 g/mol. The summed E-state index contributed by atoms with van der Waals surface area (Å²) in [7, 11) is 0. The van der Waals surface area contributed by atoms with E-state index in [9.17, 15) is 9.59 Å². The molecule has 2 aliphatic rings. The molecule has 0 saturated carbocycles. The van der Waals surface area contributed by atoms with Crippen LogP contribution in [0.5, 0.6) is 5.75 Å². The largest absolute Gasteiger partial charge is 0.492 e. The molecule has 0 aliphatic carbocycles. The zero-order chi connectivity index (χ0) is 16.4. The summed E-state index contributed by atoms with van der Waals surface area (Å²) in [6.45, 7) is 3.40. The Bertz CT molecular complexity index is 612. The standard InChI is InChI=1S/C17H21ClN2O3/c1-11(21)20-6-4-15(5-7-20)19-17(22)13-8-12-9-14(18)2-3-16(12)23-10-13/h2-3,9,13,15H,4-8,10H2,1H3,(H,19,22). The first-order valence-corrected chi connectivity index (χ1v) is 8.38. The highest BCUT2D eigenvalue weighted by atomic mass is 35.5. The van der Waals surface area contributed by atoms with Gasteiger partial charge in [0.2, 0.25) is 11.8 Å². The summed E-state index contributed by atoms with van der Waals surface area (Å²) in [6, 6.07) is 5.65. The molecule has 2 aliphatic heterocycles. The number of hydrogen-bond acceptors (Lipinski definition) is 3. The summed E-state index contributed by atoms with van der Waals surface area (Å²) in [5.74, 6) is 0.751. The number of benzene rings is 1. The van der Waals surface area contributed by atoms with Crippen LogP contribution in [-0.2, 0) is 16.0 Å². The van der Waals surface area contributed by atoms with E-state index in [1.807, 2.05) is 17.0 Å². The van der Waals surface area contributed by atoms with E-state index >= 15 is 0 Å². The smallest absolute Gasteiger partial charge is 0.227 e. The average molecular weight is 337 g/mol. The lowest BCUT2D eigenvalue weighted by molar-refractivity contribution is -0.130. The third-order valence-electron chi connectivity index (χ3n) is 4.59. The zero-order valence-electron chi connectivity index (χ0n) is 13.2. The molecule has 3 rings (SSSR count). The van der Waals surface area contributed by atoms with Crippen molar-refractivity contribution in [1.29, 1.82) is 0 Å². The molecule has 1 atom stereocenters. The summed E-state index contributed by atoms with van der Waals surface area (Å²) >= 11 is 6.01. The van der Waals surface area contributed by atoms with Gasteiger partial charge in [0.1, 0.15) is 12.4 Å². The molecule has 1 saturated heterocycles. The van der Waals surface area contributed by atoms with Crippen LogP contribution in [0.25, 0.3) is 0 Å². The van der Waals surface area contributed by atoms with Gasteiger partial charge in [-0.3, -0.25) is 9.59 Å². The number of piperidine rings is 1. The van der Waals surface area contributed by atoms with Crippen LogP contribution in [0.15, 0.2) is 18.2 Å². The van der Waals surface area contributed by atoms with Crippen LogP contribution in [0.4, 0.5) is 0 Å². The van der Waals surface area contributed by atoms with Crippen LogP contribution in [0, 0.1) is 5.92 Å². The topological polar surface area (TPSA) is 58.6 Å². The predicted octanol–water partition coefficient (Wildman–Crippen LogP) is 2.02. The lowest BCUT2D eigenvalue weighted by atomic mass is 9.95. The summed E-state index contributed by atoms with van der Waals surface area (Å²) in [6.07, 6.45) is 2.26. The second kappa shape index (κ2) is 6.79. The van der Waals surface area contributed by atoms with Gasteiger partial charge in [-0.15, -0.1) is 0 Å². The van der Waals surface area contributed by atoms with Crippen molar-refractivity contribution in [2.75, 3.05) is 19.7 Å². The van der Waals surface area contributed by atoms with Crippen LogP contribution >= 0.6 is 11.6 Å². The highest BCUT2D eigenvalue weighted by Crippen LogP contribution is 2.30. The molecule has 1 aromatic rings. The normalized spacial score (nSPS) is 21.3. The third kappa shape index (κ3) is 3.78. The zero-order valence-corrected chi connectivity index (χ0v) is 13.9. The van der Waals surface area contributed by atoms with Gasteiger partial charge in [0.05, 0.1) is 5.92 Å². The van der Waals surface area contributed by atoms with Gasteiger partial charge in [0, 0.05) is 31.1 Å². The monoisotopic (exact) mass is 336 g/mol. The molecule has 0 spiro atoms. The first-order chi connectivity index (χ1) is 11.0. The van der Waals surface area contributed by atoms with Crippen molar-refractivity contribution in [3.8, 4) is 5.75 Å². The molecule has 2 amide bonds. The molecule has 0 aromatic heterocycles. The molecule has 0 radical (unpaired) electrons. The molecule has 1 N–H and O–H groups in total. The maximum Gasteiger partial charge on any atom is 0.227 e. The van der Waals surface area contributed by atoms with Crippen molar-refractivity contribution in [1.82, 2.24) is 10.2 Å². The summed E-state index contributed by atoms with van der Waals surface area (Å²) in [5.41, 5.74) is 0.982. The summed E-state index contributed by atoms with van der Waals surface area (Å²) in [4.78, 5) is 25.6. The summed E-state index contributed by atoms with van der Waals surface area (Å²) in [5, 5.41) is 3.76. The van der Waals surface area contributed by atoms with Gasteiger partial charge in [0.25, 0.3) is 0 Å². The van der Waals surface area contributed by atoms with E-state index < -0.39 is 0 Å². The molecule has 6 heteroatoms. The second-order valence-corrected chi connectivity index (χ2v) is 6.69. The first kappa shape index (κ1) is 16.1. The highest BCUT2D eigenvalue weighted by Gasteiger charge is 2.29. The predicted molar refractivity (Wildman–Crippen MR) is 87.6 cm³/mol. The number of nitrogens with one attached hydrogen (secondary N) is 1. The molecule has 124 valence electrons. The third-order valence-corrected chi connectivity index (χ3v) is 4.82. The van der Waals surface area contributed by atoms with Crippen LogP contribution in [-0.4, -0.2) is 42.5 Å². The number of halogens is 1. The van der Waals surface area contributed by atoms with Crippen molar-refractivity contribution in [2.45, 2.75) is 32.2 Å². The maximum absolute atomic E-state index is 12.5. The summed E-state index contributed by atoms with van der Waals surface area (Å²) < 4.78 is 5.68. The minimum absolute atomic E-state index is 0.0249. The van der Waals surface area contributed by atoms with Gasteiger partial charge in [0.15, 0.2) is 0 Å². The Morgan fingerprint density at radius 2 is 2.04 bits per heavy atom. The van der Waals surface area contributed by atoms with Crippen molar-refractivity contribution in [3.63, 3.8) is 0 Å². The number of carbonyl (C=O) groups excluding carboxylic acids is 2. The van der Waals surface area contributed by atoms with Crippen LogP contribution in [0.1, 0.15) is 25.3 Å². The van der Waals surface area contributed by atoms with E-state index in [-0.39, 0.29) is 23.8 Å². The first-order valence-electron chi connectivity index (χ1n) is 8.00. The second-order valence-electron chi connectivity index (χ2n) is 6.25. The van der Waals surface area contributed by atoms with Crippen LogP contribution < -0.4 is 10.1 Å². The molecular formula is C17H21ClN2O3. The van der Waals surface area contributed by atoms with Gasteiger partial charge < -0.3 is 15.0 Å². The van der Waals surface area contributed by atoms with Gasteiger partial charge in [-0.2, -0.15) is 0 Å². The molecule has 0 bridgehead atoms. The van der Waals surface area contributed by atoms with E-state index in [1.165, 1.54) is 0 Å². The quantitative estimate of drug-likeness (QED) is 0.899. The SMILES string of the molecule is CC(=O)N1CCC(NC(=O)C2COc3ccc(Cl)cc3C2)CC1. The van der Waals surface area contributed by atoms with Crippen LogP contribution in [0.2, 0.25) is 5.02 Å². The fraction of sp³-hybridized carbons (Fsp3) is 0.529. The van der Waals surface area contributed by atoms with E-state index in [0.717, 1.165) is 24.2 Å². The molecule has 1 fully saturated rings. The highest BCUT2D eigenvalue weighted by molar-refractivity contribution is 6.30. The van der Waals surface area contributed by atoms with Crippen molar-refractivity contribution >= 4 is 23.4 Å². The lowest BCUT2D eigenvalue weighted by Gasteiger charge is -2.33. The average Bonchev–Trinajstić information content (AvgIpc) is 2.54. The van der Waals surface area contributed by atoms with Gasteiger partial charge in [-0.1, -0.05) is 11.6 Å². The minimum Gasteiger partial charge on any atom is -0.492 e. The van der Waals surface area contributed by atoms with E-state index in [2.05, 4.69) is 5.32 Å². The fourth-order valence-electron chi connectivity index (χ4n) is 3.19. The molecule has 5 nitrogen and oxygen atoms in total. The number of carbonyl (C=O) groups is 2. The van der Waals surface area contributed by atoms with Gasteiger partial charge in [-0.05, 0) is 43.0 Å². The van der Waals surface area contributed by atoms with Gasteiger partial charge >= 0.3 is 0 Å². The number of likely N-dealkylation sites (tertiary alicyclic amines) is 1. The number of fused-ring (bicyclic) bond motifs is 1. The van der Waals surface area contributed by atoms with E-state index in [0.29, 0.717) is 31.1 Å². The van der Waals surface area contributed by atoms with Crippen LogP contribution in [0.3, 0.4) is 0 Å². The van der Waals surface area contributed by atoms with E-state index in [4.69, 9.17) is 16.3 Å². The number of ether oxygens (including phenoxy) is 1. The lowest BCUT2D eigenvalue weighted by Crippen LogP contribution is -2.48. The number of amides is 2. The Morgan fingerprint density at radius 1 is 1.30 bits per heavy atom. The van der Waals surface area contributed by atoms with Crippen molar-refractivity contribution < 1.29 is 14.3 Å². The Morgan fingerprint density at radius 3 is 2.74 bits per heavy atom. The number of hydrogen-bond donors (Lipinski definition) is 1. The van der Waals surface area contributed by atoms with Crippen molar-refractivity contribution in [3.05, 3.63) is 28.8 Å². The Balaban J connectivity index is 1.55. The molecule has 1 unspecified atom stereocenters. The van der Waals surface area contributed by atoms with E-state index in [1.54, 1.807) is 13.0 Å². The number of nitrogens with zero attached hydrogens (tertiary/aromatic N) is 1. The Kier molecular flexibility index (Phi) is 4.76. The molecule has 1 aromatic carbocycles. The van der Waals surface area contributed by atoms with Gasteiger partial charge in [-0.25, -0.2) is 0 Å². The number of rotatable bonds is 2. The molecule has 23 heavy (non-hydrogen) atoms.